The Kier molecular flexibility index (Phi) is 4.80. The minimum Gasteiger partial charge on any atom is -0.383 e. The Morgan fingerprint density at radius 1 is 1.17 bits per heavy atom. The van der Waals surface area contributed by atoms with Crippen molar-refractivity contribution < 1.29 is 0 Å². The van der Waals surface area contributed by atoms with E-state index in [9.17, 15) is 0 Å². The number of rotatable bonds is 4. The van der Waals surface area contributed by atoms with E-state index in [1.807, 2.05) is 30.3 Å². The summed E-state index contributed by atoms with van der Waals surface area (Å²) in [4.78, 5) is 4.70. The van der Waals surface area contributed by atoms with Crippen molar-refractivity contribution in [1.82, 2.24) is 0 Å². The Bertz CT molecular complexity index is 375. The molecule has 0 heterocycles. The molecule has 1 saturated carbocycles. The number of benzene rings is 1. The number of aliphatic imine (C=N–C) groups is 1. The van der Waals surface area contributed by atoms with Gasteiger partial charge in [-0.25, -0.2) is 0 Å². The van der Waals surface area contributed by atoms with Crippen molar-refractivity contribution in [3.05, 3.63) is 35.9 Å². The van der Waals surface area contributed by atoms with Gasteiger partial charge < -0.3 is 5.73 Å². The number of nitrogens with zero attached hydrogens (tertiary/aromatic N) is 1. The normalized spacial score (nSPS) is 25.1. The van der Waals surface area contributed by atoms with Crippen LogP contribution in [0.15, 0.2) is 35.3 Å². The first-order chi connectivity index (χ1) is 8.79. The van der Waals surface area contributed by atoms with Gasteiger partial charge in [0.05, 0.1) is 6.04 Å². The molecule has 2 nitrogen and oxygen atoms in total. The van der Waals surface area contributed by atoms with Crippen LogP contribution in [0.3, 0.4) is 0 Å². The second-order valence-corrected chi connectivity index (χ2v) is 5.34. The van der Waals surface area contributed by atoms with Gasteiger partial charge in [-0.3, -0.25) is 4.99 Å². The first-order valence-electron chi connectivity index (χ1n) is 7.18. The first-order valence-corrected chi connectivity index (χ1v) is 7.18. The average Bonchev–Trinajstić information content (AvgIpc) is 2.42. The van der Waals surface area contributed by atoms with Crippen LogP contribution >= 0.6 is 0 Å². The molecule has 1 aromatic carbocycles. The van der Waals surface area contributed by atoms with Crippen molar-refractivity contribution in [3.63, 3.8) is 0 Å². The van der Waals surface area contributed by atoms with Crippen LogP contribution in [0.1, 0.15) is 51.0 Å². The lowest BCUT2D eigenvalue weighted by atomic mass is 9.84. The molecule has 1 fully saturated rings. The smallest absolute Gasteiger partial charge is 0.125 e. The summed E-state index contributed by atoms with van der Waals surface area (Å²) in [6.07, 6.45) is 7.75. The lowest BCUT2D eigenvalue weighted by Crippen LogP contribution is -2.22. The van der Waals surface area contributed by atoms with Gasteiger partial charge in [-0.15, -0.1) is 0 Å². The maximum atomic E-state index is 6.07. The van der Waals surface area contributed by atoms with Crippen molar-refractivity contribution in [2.24, 2.45) is 16.6 Å². The SMILES string of the molecule is CCCC1CCC(N=C(N)c2ccccc2)CC1. The molecule has 0 aromatic heterocycles. The monoisotopic (exact) mass is 244 g/mol. The molecular formula is C16H24N2. The summed E-state index contributed by atoms with van der Waals surface area (Å²) < 4.78 is 0. The summed E-state index contributed by atoms with van der Waals surface area (Å²) in [6.45, 7) is 2.28. The molecule has 18 heavy (non-hydrogen) atoms. The molecule has 0 bridgehead atoms. The molecule has 0 atom stereocenters. The van der Waals surface area contributed by atoms with Gasteiger partial charge in [0.25, 0.3) is 0 Å². The summed E-state index contributed by atoms with van der Waals surface area (Å²) in [5, 5.41) is 0. The Hall–Kier alpha value is -1.31. The number of nitrogens with two attached hydrogens (primary N) is 1. The van der Waals surface area contributed by atoms with Gasteiger partial charge >= 0.3 is 0 Å². The largest absolute Gasteiger partial charge is 0.383 e. The van der Waals surface area contributed by atoms with Gasteiger partial charge in [0.1, 0.15) is 5.84 Å². The fourth-order valence-electron chi connectivity index (χ4n) is 2.85. The molecule has 0 unspecified atom stereocenters. The van der Waals surface area contributed by atoms with Crippen LogP contribution in [0, 0.1) is 5.92 Å². The van der Waals surface area contributed by atoms with Crippen LogP contribution < -0.4 is 5.73 Å². The molecule has 2 N–H and O–H groups in total. The van der Waals surface area contributed by atoms with E-state index in [1.54, 1.807) is 0 Å². The van der Waals surface area contributed by atoms with Gasteiger partial charge in [0.15, 0.2) is 0 Å². The highest BCUT2D eigenvalue weighted by molar-refractivity contribution is 5.97. The van der Waals surface area contributed by atoms with Gasteiger partial charge in [-0.2, -0.15) is 0 Å². The van der Waals surface area contributed by atoms with Gasteiger partial charge in [0.2, 0.25) is 0 Å². The van der Waals surface area contributed by atoms with E-state index in [0.717, 1.165) is 11.5 Å². The summed E-state index contributed by atoms with van der Waals surface area (Å²) in [5.41, 5.74) is 7.12. The van der Waals surface area contributed by atoms with E-state index in [1.165, 1.54) is 38.5 Å². The van der Waals surface area contributed by atoms with Crippen LogP contribution in [-0.2, 0) is 0 Å². The predicted octanol–water partition coefficient (Wildman–Crippen LogP) is 3.75. The highest BCUT2D eigenvalue weighted by Crippen LogP contribution is 2.29. The first kappa shape index (κ1) is 13.1. The molecule has 98 valence electrons. The maximum absolute atomic E-state index is 6.07. The van der Waals surface area contributed by atoms with Crippen LogP contribution in [0.25, 0.3) is 0 Å². The third-order valence-electron chi connectivity index (χ3n) is 3.90. The minimum absolute atomic E-state index is 0.443. The van der Waals surface area contributed by atoms with E-state index in [2.05, 4.69) is 6.92 Å². The Morgan fingerprint density at radius 3 is 2.44 bits per heavy atom. The highest BCUT2D eigenvalue weighted by Gasteiger charge is 2.20. The molecule has 0 spiro atoms. The molecule has 0 saturated heterocycles. The number of hydrogen-bond donors (Lipinski definition) is 1. The van der Waals surface area contributed by atoms with Gasteiger partial charge in [-0.1, -0.05) is 50.1 Å². The summed E-state index contributed by atoms with van der Waals surface area (Å²) in [5.74, 6) is 1.63. The topological polar surface area (TPSA) is 38.4 Å². The Morgan fingerprint density at radius 2 is 1.83 bits per heavy atom. The predicted molar refractivity (Wildman–Crippen MR) is 77.8 cm³/mol. The van der Waals surface area contributed by atoms with Crippen LogP contribution in [0.5, 0.6) is 0 Å². The second-order valence-electron chi connectivity index (χ2n) is 5.34. The number of hydrogen-bond acceptors (Lipinski definition) is 1. The van der Waals surface area contributed by atoms with Crippen molar-refractivity contribution in [3.8, 4) is 0 Å². The lowest BCUT2D eigenvalue weighted by molar-refractivity contribution is 0.310. The van der Waals surface area contributed by atoms with E-state index in [4.69, 9.17) is 10.7 Å². The van der Waals surface area contributed by atoms with Crippen molar-refractivity contribution in [1.29, 1.82) is 0 Å². The Labute approximate surface area is 110 Å². The third-order valence-corrected chi connectivity index (χ3v) is 3.90. The summed E-state index contributed by atoms with van der Waals surface area (Å²) in [7, 11) is 0. The molecule has 2 rings (SSSR count). The van der Waals surface area contributed by atoms with Crippen LogP contribution in [0.2, 0.25) is 0 Å². The maximum Gasteiger partial charge on any atom is 0.125 e. The standard InChI is InChI=1S/C16H24N2/c1-2-6-13-9-11-15(12-10-13)18-16(17)14-7-4-3-5-8-14/h3-5,7-8,13,15H,2,6,9-12H2,1H3,(H2,17,18). The van der Waals surface area contributed by atoms with Crippen molar-refractivity contribution in [2.45, 2.75) is 51.5 Å². The zero-order chi connectivity index (χ0) is 12.8. The van der Waals surface area contributed by atoms with E-state index in [-0.39, 0.29) is 0 Å². The lowest BCUT2D eigenvalue weighted by Gasteiger charge is -2.26. The van der Waals surface area contributed by atoms with Crippen molar-refractivity contribution >= 4 is 5.84 Å². The molecule has 0 amide bonds. The minimum atomic E-state index is 0.443. The zero-order valence-electron chi connectivity index (χ0n) is 11.3. The van der Waals surface area contributed by atoms with Crippen molar-refractivity contribution in [2.75, 3.05) is 0 Å². The molecule has 0 aliphatic heterocycles. The fraction of sp³-hybridized carbons (Fsp3) is 0.562. The molecule has 0 radical (unpaired) electrons. The van der Waals surface area contributed by atoms with Gasteiger partial charge in [-0.05, 0) is 31.6 Å². The molecule has 1 aliphatic carbocycles. The van der Waals surface area contributed by atoms with Crippen LogP contribution in [0.4, 0.5) is 0 Å². The molecule has 1 aliphatic rings. The van der Waals surface area contributed by atoms with Crippen LogP contribution in [-0.4, -0.2) is 11.9 Å². The zero-order valence-corrected chi connectivity index (χ0v) is 11.3. The summed E-state index contributed by atoms with van der Waals surface area (Å²) in [6, 6.07) is 10.5. The molecule has 1 aromatic rings. The average molecular weight is 244 g/mol. The third kappa shape index (κ3) is 3.59. The molecular weight excluding hydrogens is 220 g/mol. The van der Waals surface area contributed by atoms with E-state index < -0.39 is 0 Å². The van der Waals surface area contributed by atoms with Gasteiger partial charge in [0, 0.05) is 5.56 Å². The Balaban J connectivity index is 1.91. The molecule has 2 heteroatoms. The fourth-order valence-corrected chi connectivity index (χ4v) is 2.85. The second kappa shape index (κ2) is 6.58. The quantitative estimate of drug-likeness (QED) is 0.635. The highest BCUT2D eigenvalue weighted by atomic mass is 14.9. The van der Waals surface area contributed by atoms with E-state index >= 15 is 0 Å². The van der Waals surface area contributed by atoms with E-state index in [0.29, 0.717) is 11.9 Å². The summed E-state index contributed by atoms with van der Waals surface area (Å²) >= 11 is 0. The number of amidine groups is 1.